The van der Waals surface area contributed by atoms with E-state index in [2.05, 4.69) is 11.2 Å². The average molecular weight is 396 g/mol. The fourth-order valence-corrected chi connectivity index (χ4v) is 3.97. The summed E-state index contributed by atoms with van der Waals surface area (Å²) in [7, 11) is 0. The number of rotatable bonds is 5. The number of nitrogens with zero attached hydrogens (tertiary/aromatic N) is 4. The molecule has 0 saturated carbocycles. The van der Waals surface area contributed by atoms with Crippen LogP contribution in [0.3, 0.4) is 0 Å². The molecule has 7 heteroatoms. The highest BCUT2D eigenvalue weighted by Crippen LogP contribution is 2.26. The summed E-state index contributed by atoms with van der Waals surface area (Å²) in [5, 5.41) is 4.34. The highest BCUT2D eigenvalue weighted by molar-refractivity contribution is 5.92. The Kier molecular flexibility index (Phi) is 5.83. The fourth-order valence-electron chi connectivity index (χ4n) is 3.97. The maximum Gasteiger partial charge on any atom is 0.274 e. The summed E-state index contributed by atoms with van der Waals surface area (Å²) in [4.78, 5) is 29.0. The van der Waals surface area contributed by atoms with Gasteiger partial charge in [0.1, 0.15) is 18.1 Å². The van der Waals surface area contributed by atoms with Crippen LogP contribution in [0, 0.1) is 0 Å². The van der Waals surface area contributed by atoms with Gasteiger partial charge >= 0.3 is 0 Å². The predicted octanol–water partition coefficient (Wildman–Crippen LogP) is 2.49. The quantitative estimate of drug-likeness (QED) is 0.779. The van der Waals surface area contributed by atoms with Gasteiger partial charge in [-0.15, -0.1) is 0 Å². The number of carbonyl (C=O) groups excluding carboxylic acids is 2. The molecule has 0 aliphatic carbocycles. The van der Waals surface area contributed by atoms with Gasteiger partial charge in [-0.1, -0.05) is 12.1 Å². The molecule has 29 heavy (non-hydrogen) atoms. The normalized spacial score (nSPS) is 16.3. The Morgan fingerprint density at radius 1 is 1.10 bits per heavy atom. The second-order valence-electron chi connectivity index (χ2n) is 7.66. The van der Waals surface area contributed by atoms with Crippen molar-refractivity contribution >= 4 is 11.8 Å². The summed E-state index contributed by atoms with van der Waals surface area (Å²) in [6.45, 7) is 5.98. The van der Waals surface area contributed by atoms with Crippen LogP contribution in [0.5, 0.6) is 5.75 Å². The van der Waals surface area contributed by atoms with E-state index in [-0.39, 0.29) is 11.8 Å². The first-order valence-electron chi connectivity index (χ1n) is 10.5. The SMILES string of the molecule is CCn1ccc(C(=O)N2CCOc3ccc(CCC(=O)N4CCCC4)cc3C2)n1. The number of ether oxygens (including phenoxy) is 1. The van der Waals surface area contributed by atoms with Gasteiger partial charge in [-0.05, 0) is 43.9 Å². The molecule has 2 aliphatic heterocycles. The number of carbonyl (C=O) groups is 2. The van der Waals surface area contributed by atoms with Gasteiger partial charge in [0.15, 0.2) is 0 Å². The minimum atomic E-state index is -0.0803. The van der Waals surface area contributed by atoms with Crippen LogP contribution < -0.4 is 4.74 Å². The molecule has 2 aromatic rings. The molecule has 0 radical (unpaired) electrons. The van der Waals surface area contributed by atoms with Gasteiger partial charge in [0.25, 0.3) is 5.91 Å². The molecule has 2 aliphatic rings. The lowest BCUT2D eigenvalue weighted by atomic mass is 10.0. The minimum Gasteiger partial charge on any atom is -0.491 e. The number of amides is 2. The summed E-state index contributed by atoms with van der Waals surface area (Å²) < 4.78 is 7.61. The van der Waals surface area contributed by atoms with E-state index >= 15 is 0 Å². The zero-order valence-electron chi connectivity index (χ0n) is 17.0. The van der Waals surface area contributed by atoms with E-state index in [1.165, 1.54) is 0 Å². The van der Waals surface area contributed by atoms with Crippen LogP contribution >= 0.6 is 0 Å². The van der Waals surface area contributed by atoms with E-state index in [4.69, 9.17) is 4.74 Å². The summed E-state index contributed by atoms with van der Waals surface area (Å²) in [6, 6.07) is 7.82. The number of aromatic nitrogens is 2. The van der Waals surface area contributed by atoms with Crippen molar-refractivity contribution in [2.24, 2.45) is 0 Å². The number of hydrogen-bond acceptors (Lipinski definition) is 4. The minimum absolute atomic E-state index is 0.0803. The van der Waals surface area contributed by atoms with Crippen molar-refractivity contribution in [3.63, 3.8) is 0 Å². The van der Waals surface area contributed by atoms with E-state index in [9.17, 15) is 9.59 Å². The molecule has 154 valence electrons. The van der Waals surface area contributed by atoms with Crippen LogP contribution in [-0.2, 0) is 24.3 Å². The fraction of sp³-hybridized carbons (Fsp3) is 0.500. The van der Waals surface area contributed by atoms with Crippen LogP contribution in [0.25, 0.3) is 0 Å². The van der Waals surface area contributed by atoms with Crippen molar-refractivity contribution in [2.45, 2.75) is 45.7 Å². The van der Waals surface area contributed by atoms with Crippen LogP contribution in [0.1, 0.15) is 47.8 Å². The zero-order valence-corrected chi connectivity index (χ0v) is 17.0. The molecule has 4 rings (SSSR count). The van der Waals surface area contributed by atoms with Gasteiger partial charge < -0.3 is 14.5 Å². The standard InChI is InChI=1S/C22H28N4O3/c1-2-26-12-9-19(23-26)22(28)25-13-14-29-20-7-5-17(15-18(20)16-25)6-8-21(27)24-10-3-4-11-24/h5,7,9,12,15H,2-4,6,8,10-11,13-14,16H2,1H3. The maximum absolute atomic E-state index is 12.9. The third-order valence-electron chi connectivity index (χ3n) is 5.66. The monoisotopic (exact) mass is 396 g/mol. The molecule has 3 heterocycles. The van der Waals surface area contributed by atoms with Crippen LogP contribution in [0.4, 0.5) is 0 Å². The Balaban J connectivity index is 1.44. The van der Waals surface area contributed by atoms with Crippen LogP contribution in [-0.4, -0.2) is 57.6 Å². The lowest BCUT2D eigenvalue weighted by Gasteiger charge is -2.19. The molecule has 1 saturated heterocycles. The van der Waals surface area contributed by atoms with Gasteiger partial charge in [0.05, 0.1) is 6.54 Å². The molecule has 2 amide bonds. The lowest BCUT2D eigenvalue weighted by Crippen LogP contribution is -2.32. The third-order valence-corrected chi connectivity index (χ3v) is 5.66. The van der Waals surface area contributed by atoms with Crippen molar-refractivity contribution in [2.75, 3.05) is 26.2 Å². The summed E-state index contributed by atoms with van der Waals surface area (Å²) in [6.07, 6.45) is 5.28. The van der Waals surface area contributed by atoms with E-state index in [0.717, 1.165) is 49.4 Å². The summed E-state index contributed by atoms with van der Waals surface area (Å²) >= 11 is 0. The third kappa shape index (κ3) is 4.44. The molecule has 0 unspecified atom stereocenters. The van der Waals surface area contributed by atoms with Crippen molar-refractivity contribution in [1.29, 1.82) is 0 Å². The zero-order chi connectivity index (χ0) is 20.2. The molecule has 0 spiro atoms. The Labute approximate surface area is 171 Å². The Morgan fingerprint density at radius 2 is 1.93 bits per heavy atom. The number of hydrogen-bond donors (Lipinski definition) is 0. The summed E-state index contributed by atoms with van der Waals surface area (Å²) in [5.74, 6) is 0.967. The highest BCUT2D eigenvalue weighted by Gasteiger charge is 2.23. The van der Waals surface area contributed by atoms with Gasteiger partial charge in [-0.3, -0.25) is 14.3 Å². The Bertz CT molecular complexity index is 886. The molecular weight excluding hydrogens is 368 g/mol. The highest BCUT2D eigenvalue weighted by atomic mass is 16.5. The van der Waals surface area contributed by atoms with Crippen molar-refractivity contribution in [1.82, 2.24) is 19.6 Å². The number of likely N-dealkylation sites (tertiary alicyclic amines) is 1. The van der Waals surface area contributed by atoms with Crippen molar-refractivity contribution in [3.05, 3.63) is 47.3 Å². The van der Waals surface area contributed by atoms with Gasteiger partial charge in [-0.2, -0.15) is 5.10 Å². The average Bonchev–Trinajstić information content (AvgIpc) is 3.40. The predicted molar refractivity (Wildman–Crippen MR) is 109 cm³/mol. The van der Waals surface area contributed by atoms with Gasteiger partial charge in [-0.25, -0.2) is 0 Å². The molecule has 1 aromatic heterocycles. The first-order valence-corrected chi connectivity index (χ1v) is 10.5. The smallest absolute Gasteiger partial charge is 0.274 e. The first-order chi connectivity index (χ1) is 14.1. The van der Waals surface area contributed by atoms with E-state index in [1.54, 1.807) is 15.6 Å². The topological polar surface area (TPSA) is 67.7 Å². The molecule has 0 N–H and O–H groups in total. The molecule has 1 aromatic carbocycles. The Morgan fingerprint density at radius 3 is 2.69 bits per heavy atom. The number of benzene rings is 1. The van der Waals surface area contributed by atoms with E-state index in [0.29, 0.717) is 38.2 Å². The number of aryl methyl sites for hydroxylation is 2. The van der Waals surface area contributed by atoms with E-state index in [1.807, 2.05) is 30.2 Å². The summed E-state index contributed by atoms with van der Waals surface area (Å²) in [5.41, 5.74) is 2.55. The molecular formula is C22H28N4O3. The van der Waals surface area contributed by atoms with Gasteiger partial charge in [0, 0.05) is 44.4 Å². The largest absolute Gasteiger partial charge is 0.491 e. The van der Waals surface area contributed by atoms with Crippen LogP contribution in [0.15, 0.2) is 30.5 Å². The van der Waals surface area contributed by atoms with Crippen molar-refractivity contribution < 1.29 is 14.3 Å². The molecule has 0 bridgehead atoms. The van der Waals surface area contributed by atoms with Crippen molar-refractivity contribution in [3.8, 4) is 5.75 Å². The van der Waals surface area contributed by atoms with Crippen LogP contribution in [0.2, 0.25) is 0 Å². The van der Waals surface area contributed by atoms with Gasteiger partial charge in [0.2, 0.25) is 5.91 Å². The second-order valence-corrected chi connectivity index (χ2v) is 7.66. The van der Waals surface area contributed by atoms with E-state index < -0.39 is 0 Å². The first kappa shape index (κ1) is 19.5. The lowest BCUT2D eigenvalue weighted by molar-refractivity contribution is -0.130. The molecule has 0 atom stereocenters. The maximum atomic E-state index is 12.9. The second kappa shape index (κ2) is 8.68. The molecule has 7 nitrogen and oxygen atoms in total. The molecule has 1 fully saturated rings. The Hall–Kier alpha value is -2.83. The number of fused-ring (bicyclic) bond motifs is 1.